The molecule has 2 aromatic rings. The van der Waals surface area contributed by atoms with E-state index in [0.717, 1.165) is 31.0 Å². The summed E-state index contributed by atoms with van der Waals surface area (Å²) in [4.78, 5) is 20.4. The first kappa shape index (κ1) is 18.9. The summed E-state index contributed by atoms with van der Waals surface area (Å²) in [5, 5.41) is 3.24. The molecule has 0 spiro atoms. The van der Waals surface area contributed by atoms with E-state index in [9.17, 15) is 4.39 Å². The van der Waals surface area contributed by atoms with Crippen LogP contribution in [-0.2, 0) is 4.74 Å². The zero-order valence-corrected chi connectivity index (χ0v) is 16.6. The number of halogens is 1. The molecule has 1 saturated heterocycles. The topological polar surface area (TPSA) is 75.5 Å². The SMILES string of the molecule is Fc1cccc(/C=C/c2nc(NC3=NCC(C4CC4)=C3)nc(N3CCOCC3)n2)c1. The Morgan fingerprint density at radius 3 is 2.77 bits per heavy atom. The van der Waals surface area contributed by atoms with E-state index in [1.807, 2.05) is 6.07 Å². The molecule has 1 aromatic carbocycles. The van der Waals surface area contributed by atoms with E-state index in [2.05, 4.69) is 36.2 Å². The van der Waals surface area contributed by atoms with Crippen LogP contribution in [0.4, 0.5) is 16.3 Å². The minimum absolute atomic E-state index is 0.276. The highest BCUT2D eigenvalue weighted by molar-refractivity contribution is 6.05. The van der Waals surface area contributed by atoms with Crippen molar-refractivity contribution < 1.29 is 9.13 Å². The second kappa shape index (κ2) is 8.31. The van der Waals surface area contributed by atoms with Crippen LogP contribution in [0.3, 0.4) is 0 Å². The molecule has 1 N–H and O–H groups in total. The Labute approximate surface area is 174 Å². The first-order valence-electron chi connectivity index (χ1n) is 10.3. The molecule has 1 aliphatic carbocycles. The molecule has 3 heterocycles. The molecule has 0 radical (unpaired) electrons. The Balaban J connectivity index is 1.41. The molecule has 154 valence electrons. The first-order valence-corrected chi connectivity index (χ1v) is 10.3. The molecule has 0 bridgehead atoms. The molecular formula is C22H23FN6O. The first-order chi connectivity index (χ1) is 14.7. The Bertz CT molecular complexity index is 1020. The number of aromatic nitrogens is 3. The van der Waals surface area contributed by atoms with Gasteiger partial charge in [-0.3, -0.25) is 4.99 Å². The van der Waals surface area contributed by atoms with Crippen LogP contribution in [0.25, 0.3) is 12.2 Å². The number of benzene rings is 1. The van der Waals surface area contributed by atoms with Crippen molar-refractivity contribution in [2.45, 2.75) is 12.8 Å². The summed E-state index contributed by atoms with van der Waals surface area (Å²) < 4.78 is 18.9. The summed E-state index contributed by atoms with van der Waals surface area (Å²) in [7, 11) is 0. The van der Waals surface area contributed by atoms with Crippen molar-refractivity contribution in [2.24, 2.45) is 10.9 Å². The summed E-state index contributed by atoms with van der Waals surface area (Å²) in [6.07, 6.45) is 8.20. The van der Waals surface area contributed by atoms with Crippen molar-refractivity contribution in [2.75, 3.05) is 43.1 Å². The summed E-state index contributed by atoms with van der Waals surface area (Å²) in [5.74, 6) is 2.76. The van der Waals surface area contributed by atoms with Crippen LogP contribution in [-0.4, -0.2) is 53.6 Å². The number of hydrogen-bond donors (Lipinski definition) is 1. The number of nitrogens with one attached hydrogen (secondary N) is 1. The van der Waals surface area contributed by atoms with Crippen molar-refractivity contribution in [1.29, 1.82) is 0 Å². The van der Waals surface area contributed by atoms with Crippen LogP contribution in [0.5, 0.6) is 0 Å². The fraction of sp³-hybridized carbons (Fsp3) is 0.364. The lowest BCUT2D eigenvalue weighted by molar-refractivity contribution is 0.122. The maximum absolute atomic E-state index is 13.5. The lowest BCUT2D eigenvalue weighted by atomic mass is 10.2. The van der Waals surface area contributed by atoms with Crippen molar-refractivity contribution in [3.63, 3.8) is 0 Å². The largest absolute Gasteiger partial charge is 0.378 e. The molecule has 0 amide bonds. The fourth-order valence-corrected chi connectivity index (χ4v) is 3.53. The normalized spacial score (nSPS) is 19.2. The van der Waals surface area contributed by atoms with E-state index in [4.69, 9.17) is 4.74 Å². The maximum atomic E-state index is 13.5. The number of aliphatic imine (C=N–C) groups is 1. The lowest BCUT2D eigenvalue weighted by Crippen LogP contribution is -2.37. The van der Waals surface area contributed by atoms with Gasteiger partial charge in [0.05, 0.1) is 19.8 Å². The van der Waals surface area contributed by atoms with Crippen molar-refractivity contribution in [3.05, 3.63) is 53.1 Å². The van der Waals surface area contributed by atoms with Gasteiger partial charge in [-0.1, -0.05) is 18.2 Å². The zero-order chi connectivity index (χ0) is 20.3. The second-order valence-corrected chi connectivity index (χ2v) is 7.62. The van der Waals surface area contributed by atoms with Crippen LogP contribution in [0.2, 0.25) is 0 Å². The van der Waals surface area contributed by atoms with Gasteiger partial charge in [0, 0.05) is 13.1 Å². The van der Waals surface area contributed by atoms with Crippen LogP contribution >= 0.6 is 0 Å². The van der Waals surface area contributed by atoms with E-state index < -0.39 is 0 Å². The van der Waals surface area contributed by atoms with E-state index in [-0.39, 0.29) is 5.82 Å². The molecule has 7 nitrogen and oxygen atoms in total. The minimum Gasteiger partial charge on any atom is -0.378 e. The molecule has 30 heavy (non-hydrogen) atoms. The molecule has 0 unspecified atom stereocenters. The number of morpholine rings is 1. The predicted molar refractivity (Wildman–Crippen MR) is 115 cm³/mol. The van der Waals surface area contributed by atoms with Gasteiger partial charge in [-0.15, -0.1) is 0 Å². The standard InChI is InChI=1S/C22H23FN6O/c23-18-3-1-2-15(12-18)4-7-19-25-21(26-20-13-17(14-24-20)16-5-6-16)28-22(27-19)29-8-10-30-11-9-29/h1-4,7,12-13,16H,5-6,8-11,14H2,(H,24,25,26,27,28)/b7-4+. The van der Waals surface area contributed by atoms with Crippen molar-refractivity contribution in [3.8, 4) is 0 Å². The van der Waals surface area contributed by atoms with E-state index in [0.29, 0.717) is 36.9 Å². The third-order valence-electron chi connectivity index (χ3n) is 5.30. The summed E-state index contributed by atoms with van der Waals surface area (Å²) in [5.41, 5.74) is 2.13. The Kier molecular flexibility index (Phi) is 5.23. The summed E-state index contributed by atoms with van der Waals surface area (Å²) >= 11 is 0. The predicted octanol–water partition coefficient (Wildman–Crippen LogP) is 3.18. The average molecular weight is 406 g/mol. The van der Waals surface area contributed by atoms with Gasteiger partial charge in [-0.25, -0.2) is 4.39 Å². The minimum atomic E-state index is -0.276. The van der Waals surface area contributed by atoms with Gasteiger partial charge >= 0.3 is 0 Å². The third kappa shape index (κ3) is 4.54. The number of anilines is 2. The molecule has 2 fully saturated rings. The third-order valence-corrected chi connectivity index (χ3v) is 5.30. The van der Waals surface area contributed by atoms with Crippen molar-refractivity contribution in [1.82, 2.24) is 15.0 Å². The monoisotopic (exact) mass is 406 g/mol. The molecule has 2 aliphatic heterocycles. The molecule has 0 atom stereocenters. The molecule has 5 rings (SSSR count). The van der Waals surface area contributed by atoms with Gasteiger partial charge in [0.25, 0.3) is 0 Å². The van der Waals surface area contributed by atoms with E-state index in [1.54, 1.807) is 18.2 Å². The highest BCUT2D eigenvalue weighted by Gasteiger charge is 2.28. The second-order valence-electron chi connectivity index (χ2n) is 7.62. The van der Waals surface area contributed by atoms with Gasteiger partial charge < -0.3 is 15.0 Å². The lowest BCUT2D eigenvalue weighted by Gasteiger charge is -2.27. The number of amidine groups is 1. The number of rotatable bonds is 5. The fourth-order valence-electron chi connectivity index (χ4n) is 3.53. The quantitative estimate of drug-likeness (QED) is 0.822. The van der Waals surface area contributed by atoms with E-state index in [1.165, 1.54) is 30.5 Å². The average Bonchev–Trinajstić information content (AvgIpc) is 3.52. The summed E-state index contributed by atoms with van der Waals surface area (Å²) in [6, 6.07) is 6.40. The summed E-state index contributed by atoms with van der Waals surface area (Å²) in [6.45, 7) is 3.49. The van der Waals surface area contributed by atoms with Crippen molar-refractivity contribution >= 4 is 29.9 Å². The van der Waals surface area contributed by atoms with E-state index >= 15 is 0 Å². The zero-order valence-electron chi connectivity index (χ0n) is 16.6. The molecule has 8 heteroatoms. The Morgan fingerprint density at radius 1 is 1.10 bits per heavy atom. The molecule has 1 saturated carbocycles. The van der Waals surface area contributed by atoms with Crippen LogP contribution in [0, 0.1) is 11.7 Å². The smallest absolute Gasteiger partial charge is 0.233 e. The number of ether oxygens (including phenoxy) is 1. The highest BCUT2D eigenvalue weighted by Crippen LogP contribution is 2.37. The van der Waals surface area contributed by atoms with Gasteiger partial charge in [0.15, 0.2) is 5.82 Å². The van der Waals surface area contributed by atoms with Crippen LogP contribution in [0.1, 0.15) is 24.2 Å². The molecule has 1 aromatic heterocycles. The van der Waals surface area contributed by atoms with Gasteiger partial charge in [0.2, 0.25) is 11.9 Å². The van der Waals surface area contributed by atoms with Gasteiger partial charge in [0.1, 0.15) is 11.7 Å². The van der Waals surface area contributed by atoms with Gasteiger partial charge in [-0.05, 0) is 54.2 Å². The maximum Gasteiger partial charge on any atom is 0.233 e. The Hall–Kier alpha value is -3.13. The number of hydrogen-bond acceptors (Lipinski definition) is 7. The number of nitrogens with zero attached hydrogens (tertiary/aromatic N) is 5. The van der Waals surface area contributed by atoms with Crippen LogP contribution in [0.15, 0.2) is 40.9 Å². The molecule has 3 aliphatic rings. The highest BCUT2D eigenvalue weighted by atomic mass is 19.1. The van der Waals surface area contributed by atoms with Gasteiger partial charge in [-0.2, -0.15) is 15.0 Å². The Morgan fingerprint density at radius 2 is 1.97 bits per heavy atom. The molecular weight excluding hydrogens is 383 g/mol. The van der Waals surface area contributed by atoms with Crippen LogP contribution < -0.4 is 10.2 Å².